The molecule has 0 heterocycles. The van der Waals surface area contributed by atoms with Gasteiger partial charge in [0.05, 0.1) is 18.7 Å². The summed E-state index contributed by atoms with van der Waals surface area (Å²) < 4.78 is 5.76. The number of nitrogens with two attached hydrogens (primary N) is 1. The fraction of sp³-hybridized carbons (Fsp3) is 0.333. The molecule has 0 unspecified atom stereocenters. The predicted octanol–water partition coefficient (Wildman–Crippen LogP) is 1.91. The monoisotopic (exact) mass is 329 g/mol. The van der Waals surface area contributed by atoms with E-state index in [1.807, 2.05) is 6.92 Å². The normalized spacial score (nSPS) is 11.4. The van der Waals surface area contributed by atoms with E-state index < -0.39 is 0 Å². The van der Waals surface area contributed by atoms with Crippen LogP contribution in [0.15, 0.2) is 27.8 Å². The smallest absolute Gasteiger partial charge is 0.226 e. The van der Waals surface area contributed by atoms with Crippen LogP contribution in [0.2, 0.25) is 0 Å². The zero-order valence-electron chi connectivity index (χ0n) is 10.5. The van der Waals surface area contributed by atoms with Gasteiger partial charge in [-0.05, 0) is 41.1 Å². The van der Waals surface area contributed by atoms with Gasteiger partial charge < -0.3 is 21.0 Å². The van der Waals surface area contributed by atoms with Crippen molar-refractivity contribution < 1.29 is 14.7 Å². The maximum atomic E-state index is 11.6. The molecule has 1 rings (SSSR count). The second-order valence-corrected chi connectivity index (χ2v) is 4.53. The Kier molecular flexibility index (Phi) is 6.31. The van der Waals surface area contributed by atoms with Gasteiger partial charge in [0, 0.05) is 16.6 Å². The highest BCUT2D eigenvalue weighted by atomic mass is 79.9. The summed E-state index contributed by atoms with van der Waals surface area (Å²) in [7, 11) is 0. The third-order valence-corrected chi connectivity index (χ3v) is 2.98. The van der Waals surface area contributed by atoms with Crippen molar-refractivity contribution in [3.63, 3.8) is 0 Å². The molecule has 1 aromatic carbocycles. The molecule has 0 fully saturated rings. The van der Waals surface area contributed by atoms with Crippen LogP contribution in [0.25, 0.3) is 0 Å². The molecule has 0 atom stereocenters. The molecular weight excluding hydrogens is 314 g/mol. The number of amidine groups is 1. The van der Waals surface area contributed by atoms with Crippen molar-refractivity contribution in [1.82, 2.24) is 0 Å². The van der Waals surface area contributed by atoms with Crippen LogP contribution in [-0.4, -0.2) is 30.2 Å². The zero-order chi connectivity index (χ0) is 14.3. The van der Waals surface area contributed by atoms with Crippen molar-refractivity contribution in [2.45, 2.75) is 13.3 Å². The Morgan fingerprint density at radius 1 is 1.58 bits per heavy atom. The van der Waals surface area contributed by atoms with Crippen molar-refractivity contribution in [3.8, 4) is 0 Å². The summed E-state index contributed by atoms with van der Waals surface area (Å²) in [6.45, 7) is 2.86. The Balaban J connectivity index is 2.67. The molecular formula is C12H16BrN3O3. The Morgan fingerprint density at radius 2 is 2.32 bits per heavy atom. The first-order valence-electron chi connectivity index (χ1n) is 5.73. The number of benzene rings is 1. The van der Waals surface area contributed by atoms with Crippen LogP contribution < -0.4 is 11.1 Å². The number of nitrogens with zero attached hydrogens (tertiary/aromatic N) is 1. The molecule has 0 aliphatic rings. The van der Waals surface area contributed by atoms with Gasteiger partial charge >= 0.3 is 0 Å². The molecule has 1 aromatic rings. The number of carbonyl (C=O) groups is 1. The van der Waals surface area contributed by atoms with E-state index in [4.69, 9.17) is 15.7 Å². The molecule has 6 nitrogen and oxygen atoms in total. The fourth-order valence-corrected chi connectivity index (χ4v) is 1.83. The number of amides is 1. The molecule has 7 heteroatoms. The van der Waals surface area contributed by atoms with Crippen LogP contribution in [0.4, 0.5) is 5.69 Å². The molecule has 0 spiro atoms. The van der Waals surface area contributed by atoms with E-state index in [0.717, 1.165) is 0 Å². The molecule has 0 saturated carbocycles. The molecule has 0 aliphatic heterocycles. The summed E-state index contributed by atoms with van der Waals surface area (Å²) in [4.78, 5) is 11.6. The van der Waals surface area contributed by atoms with Gasteiger partial charge in [0.2, 0.25) is 5.91 Å². The van der Waals surface area contributed by atoms with Crippen LogP contribution in [0.5, 0.6) is 0 Å². The number of hydrogen-bond acceptors (Lipinski definition) is 4. The number of hydrogen-bond donors (Lipinski definition) is 3. The summed E-state index contributed by atoms with van der Waals surface area (Å²) in [6.07, 6.45) is 0.294. The average Bonchev–Trinajstić information content (AvgIpc) is 2.40. The lowest BCUT2D eigenvalue weighted by atomic mass is 10.2. The summed E-state index contributed by atoms with van der Waals surface area (Å²) in [6, 6.07) is 4.99. The molecule has 0 aliphatic carbocycles. The second-order valence-electron chi connectivity index (χ2n) is 3.67. The summed E-state index contributed by atoms with van der Waals surface area (Å²) in [5.41, 5.74) is 6.65. The highest BCUT2D eigenvalue weighted by Crippen LogP contribution is 2.23. The van der Waals surface area contributed by atoms with Gasteiger partial charge in [0.25, 0.3) is 0 Å². The third-order valence-electron chi connectivity index (χ3n) is 2.32. The van der Waals surface area contributed by atoms with Crippen molar-refractivity contribution in [1.29, 1.82) is 0 Å². The summed E-state index contributed by atoms with van der Waals surface area (Å²) in [5, 5.41) is 14.2. The minimum atomic E-state index is -0.134. The lowest BCUT2D eigenvalue weighted by molar-refractivity contribution is -0.117. The van der Waals surface area contributed by atoms with Crippen molar-refractivity contribution in [3.05, 3.63) is 28.2 Å². The van der Waals surface area contributed by atoms with E-state index in [-0.39, 0.29) is 11.7 Å². The van der Waals surface area contributed by atoms with Gasteiger partial charge in [-0.25, -0.2) is 0 Å². The molecule has 0 radical (unpaired) electrons. The zero-order valence-corrected chi connectivity index (χ0v) is 12.1. The van der Waals surface area contributed by atoms with E-state index in [9.17, 15) is 4.79 Å². The number of rotatable bonds is 6. The first kappa shape index (κ1) is 15.5. The van der Waals surface area contributed by atoms with Crippen LogP contribution in [-0.2, 0) is 9.53 Å². The minimum Gasteiger partial charge on any atom is -0.409 e. The molecule has 0 saturated heterocycles. The number of ether oxygens (including phenoxy) is 1. The van der Waals surface area contributed by atoms with Gasteiger partial charge in [-0.2, -0.15) is 0 Å². The minimum absolute atomic E-state index is 0.00919. The van der Waals surface area contributed by atoms with E-state index >= 15 is 0 Å². The third kappa shape index (κ3) is 4.88. The van der Waals surface area contributed by atoms with Crippen molar-refractivity contribution in [2.75, 3.05) is 18.5 Å². The summed E-state index contributed by atoms with van der Waals surface area (Å²) in [5.74, 6) is -0.124. The molecule has 4 N–H and O–H groups in total. The van der Waals surface area contributed by atoms with E-state index in [0.29, 0.717) is 35.4 Å². The quantitative estimate of drug-likeness (QED) is 0.244. The first-order chi connectivity index (χ1) is 9.08. The van der Waals surface area contributed by atoms with Crippen LogP contribution in [0, 0.1) is 0 Å². The SMILES string of the molecule is CCOCCC(=O)Nc1ccc(/C(N)=N/O)cc1Br. The Hall–Kier alpha value is -1.60. The fourth-order valence-electron chi connectivity index (χ4n) is 1.36. The summed E-state index contributed by atoms with van der Waals surface area (Å²) >= 11 is 3.32. The topological polar surface area (TPSA) is 96.9 Å². The largest absolute Gasteiger partial charge is 0.409 e. The number of halogens is 1. The van der Waals surface area contributed by atoms with Crippen LogP contribution in [0.1, 0.15) is 18.9 Å². The molecule has 104 valence electrons. The first-order valence-corrected chi connectivity index (χ1v) is 6.52. The number of carbonyl (C=O) groups excluding carboxylic acids is 1. The van der Waals surface area contributed by atoms with Crippen molar-refractivity contribution in [2.24, 2.45) is 10.9 Å². The highest BCUT2D eigenvalue weighted by Gasteiger charge is 2.08. The Morgan fingerprint density at radius 3 is 2.89 bits per heavy atom. The Labute approximate surface area is 119 Å². The van der Waals surface area contributed by atoms with Crippen molar-refractivity contribution >= 4 is 33.4 Å². The van der Waals surface area contributed by atoms with Gasteiger partial charge in [0.1, 0.15) is 0 Å². The standard InChI is InChI=1S/C12H16BrN3O3/c1-2-19-6-5-11(17)15-10-4-3-8(7-9(10)13)12(14)16-18/h3-4,7,18H,2,5-6H2,1H3,(H2,14,16)(H,15,17). The lowest BCUT2D eigenvalue weighted by Gasteiger charge is -2.09. The Bertz CT molecular complexity index is 477. The van der Waals surface area contributed by atoms with E-state index in [1.165, 1.54) is 0 Å². The number of nitrogens with one attached hydrogen (secondary N) is 1. The number of anilines is 1. The second kappa shape index (κ2) is 7.75. The molecule has 19 heavy (non-hydrogen) atoms. The molecule has 0 aromatic heterocycles. The molecule has 1 amide bonds. The van der Waals surface area contributed by atoms with E-state index in [1.54, 1.807) is 18.2 Å². The average molecular weight is 330 g/mol. The van der Waals surface area contributed by atoms with Gasteiger partial charge in [-0.3, -0.25) is 4.79 Å². The van der Waals surface area contributed by atoms with Crippen LogP contribution in [0.3, 0.4) is 0 Å². The van der Waals surface area contributed by atoms with Gasteiger partial charge in [-0.1, -0.05) is 5.16 Å². The van der Waals surface area contributed by atoms with Crippen LogP contribution >= 0.6 is 15.9 Å². The van der Waals surface area contributed by atoms with Gasteiger partial charge in [-0.15, -0.1) is 0 Å². The van der Waals surface area contributed by atoms with Gasteiger partial charge in [0.15, 0.2) is 5.84 Å². The maximum absolute atomic E-state index is 11.6. The van der Waals surface area contributed by atoms with E-state index in [2.05, 4.69) is 26.4 Å². The predicted molar refractivity (Wildman–Crippen MR) is 76.4 cm³/mol. The lowest BCUT2D eigenvalue weighted by Crippen LogP contribution is -2.16. The number of oxime groups is 1. The molecule has 0 bridgehead atoms. The maximum Gasteiger partial charge on any atom is 0.226 e. The highest BCUT2D eigenvalue weighted by molar-refractivity contribution is 9.10.